The van der Waals surface area contributed by atoms with Gasteiger partial charge in [-0.05, 0) is 71.6 Å². The molecule has 0 aliphatic heterocycles. The first-order chi connectivity index (χ1) is 19.5. The molecule has 2 aromatic heterocycles. The normalized spacial score (nSPS) is 11.9. The van der Waals surface area contributed by atoms with Gasteiger partial charge in [0, 0.05) is 18.0 Å². The molecule has 4 aromatic carbocycles. The molecular formula is C33H25N3O4. The summed E-state index contributed by atoms with van der Waals surface area (Å²) in [5, 5.41) is 18.4. The Labute approximate surface area is 230 Å². The van der Waals surface area contributed by atoms with E-state index in [-0.39, 0.29) is 17.5 Å². The van der Waals surface area contributed by atoms with Crippen LogP contribution >= 0.6 is 0 Å². The molecule has 0 spiro atoms. The number of nitrogens with one attached hydrogen (secondary N) is 1. The van der Waals surface area contributed by atoms with E-state index < -0.39 is 5.97 Å². The molecule has 7 nitrogen and oxygen atoms in total. The number of pyridine rings is 1. The monoisotopic (exact) mass is 527 g/mol. The van der Waals surface area contributed by atoms with E-state index in [0.29, 0.717) is 28.6 Å². The van der Waals surface area contributed by atoms with E-state index in [0.717, 1.165) is 33.2 Å². The quantitative estimate of drug-likeness (QED) is 0.236. The first-order valence-corrected chi connectivity index (χ1v) is 12.9. The first-order valence-electron chi connectivity index (χ1n) is 12.9. The number of amides is 1. The second-order valence-electron chi connectivity index (χ2n) is 9.72. The maximum atomic E-state index is 13.8. The lowest BCUT2D eigenvalue weighted by atomic mass is 9.96. The zero-order valence-corrected chi connectivity index (χ0v) is 21.7. The summed E-state index contributed by atoms with van der Waals surface area (Å²) in [6.45, 7) is 1.86. The van der Waals surface area contributed by atoms with Gasteiger partial charge in [0.05, 0.1) is 33.8 Å². The van der Waals surface area contributed by atoms with Gasteiger partial charge in [-0.2, -0.15) is 0 Å². The highest BCUT2D eigenvalue weighted by atomic mass is 16.5. The van der Waals surface area contributed by atoms with E-state index in [1.807, 2.05) is 73.7 Å². The molecule has 0 bridgehead atoms. The minimum absolute atomic E-state index is 0.193. The Hall–Kier alpha value is -5.30. The molecule has 0 radical (unpaired) electrons. The highest BCUT2D eigenvalue weighted by Crippen LogP contribution is 2.32. The molecule has 40 heavy (non-hydrogen) atoms. The summed E-state index contributed by atoms with van der Waals surface area (Å²) in [5.41, 5.74) is 6.39. The fraction of sp³-hybridized carbons (Fsp3) is 0.0909. The van der Waals surface area contributed by atoms with Gasteiger partial charge in [-0.1, -0.05) is 59.8 Å². The van der Waals surface area contributed by atoms with Gasteiger partial charge in [-0.15, -0.1) is 0 Å². The van der Waals surface area contributed by atoms with Gasteiger partial charge in [0.1, 0.15) is 0 Å². The summed E-state index contributed by atoms with van der Waals surface area (Å²) >= 11 is 0. The van der Waals surface area contributed by atoms with Gasteiger partial charge in [0.15, 0.2) is 5.58 Å². The average molecular weight is 528 g/mol. The molecule has 7 heteroatoms. The highest BCUT2D eigenvalue weighted by Gasteiger charge is 2.22. The van der Waals surface area contributed by atoms with E-state index >= 15 is 0 Å². The highest BCUT2D eigenvalue weighted by molar-refractivity contribution is 6.08. The predicted octanol–water partition coefficient (Wildman–Crippen LogP) is 6.82. The lowest BCUT2D eigenvalue weighted by Crippen LogP contribution is -2.27. The fourth-order valence-electron chi connectivity index (χ4n) is 4.93. The van der Waals surface area contributed by atoms with E-state index in [1.165, 1.54) is 12.1 Å². The van der Waals surface area contributed by atoms with Crippen molar-refractivity contribution < 1.29 is 19.2 Å². The maximum Gasteiger partial charge on any atom is 0.335 e. The van der Waals surface area contributed by atoms with Crippen molar-refractivity contribution in [2.24, 2.45) is 0 Å². The number of fused-ring (bicyclic) bond motifs is 2. The smallest absolute Gasteiger partial charge is 0.335 e. The minimum Gasteiger partial charge on any atom is -0.478 e. The molecule has 0 aliphatic rings. The van der Waals surface area contributed by atoms with E-state index in [1.54, 1.807) is 18.3 Å². The third-order valence-electron chi connectivity index (χ3n) is 7.04. The number of benzene rings is 4. The molecule has 0 saturated carbocycles. The van der Waals surface area contributed by atoms with Crippen molar-refractivity contribution in [3.05, 3.63) is 131 Å². The number of carbonyl (C=O) groups excluding carboxylic acids is 1. The Bertz CT molecular complexity index is 1860. The van der Waals surface area contributed by atoms with Gasteiger partial charge in [0.25, 0.3) is 5.91 Å². The van der Waals surface area contributed by atoms with E-state index in [4.69, 9.17) is 4.52 Å². The number of rotatable bonds is 7. The lowest BCUT2D eigenvalue weighted by Gasteiger charge is -2.16. The maximum absolute atomic E-state index is 13.8. The lowest BCUT2D eigenvalue weighted by molar-refractivity contribution is 0.0696. The number of carbonyl (C=O) groups is 2. The van der Waals surface area contributed by atoms with Crippen molar-refractivity contribution in [1.82, 2.24) is 15.5 Å². The SMILES string of the molecule is C[C@H](NC(=O)c1cc(-c2ccccc2)cc2onc(Cc3ccc4ncccc4c3)c12)c1ccc(C(=O)O)cc1. The second-order valence-corrected chi connectivity index (χ2v) is 9.72. The number of carboxylic acids is 1. The molecule has 0 fully saturated rings. The van der Waals surface area contributed by atoms with E-state index in [9.17, 15) is 14.7 Å². The molecule has 0 saturated heterocycles. The third-order valence-corrected chi connectivity index (χ3v) is 7.04. The third kappa shape index (κ3) is 4.92. The zero-order chi connectivity index (χ0) is 27.6. The van der Waals surface area contributed by atoms with Crippen LogP contribution in [-0.2, 0) is 6.42 Å². The topological polar surface area (TPSA) is 105 Å². The number of nitrogens with zero attached hydrogens (tertiary/aromatic N) is 2. The minimum atomic E-state index is -0.994. The Morgan fingerprint density at radius 3 is 2.48 bits per heavy atom. The zero-order valence-electron chi connectivity index (χ0n) is 21.7. The number of aromatic nitrogens is 2. The summed E-state index contributed by atoms with van der Waals surface area (Å²) in [7, 11) is 0. The van der Waals surface area contributed by atoms with Crippen molar-refractivity contribution in [3.63, 3.8) is 0 Å². The van der Waals surface area contributed by atoms with Gasteiger partial charge in [-0.3, -0.25) is 9.78 Å². The standard InChI is InChI=1S/C33H25N3O4/c1-20(22-10-12-24(13-11-22)33(38)39)35-32(37)27-18-26(23-6-3-2-4-7-23)19-30-31(27)29(36-40-30)17-21-9-14-28-25(16-21)8-5-15-34-28/h2-16,18-20H,17H2,1H3,(H,35,37)(H,38,39)/t20-/m0/s1. The van der Waals surface area contributed by atoms with Crippen molar-refractivity contribution in [3.8, 4) is 11.1 Å². The summed E-state index contributed by atoms with van der Waals surface area (Å²) in [4.78, 5) is 29.4. The average Bonchev–Trinajstić information content (AvgIpc) is 3.39. The fourth-order valence-corrected chi connectivity index (χ4v) is 4.93. The largest absolute Gasteiger partial charge is 0.478 e. The van der Waals surface area contributed by atoms with Crippen LogP contribution < -0.4 is 5.32 Å². The van der Waals surface area contributed by atoms with Crippen LogP contribution in [0.15, 0.2) is 108 Å². The molecule has 2 heterocycles. The van der Waals surface area contributed by atoms with Crippen molar-refractivity contribution in [2.45, 2.75) is 19.4 Å². The molecule has 0 aliphatic carbocycles. The van der Waals surface area contributed by atoms with Crippen molar-refractivity contribution >= 4 is 33.7 Å². The van der Waals surface area contributed by atoms with Crippen LogP contribution in [0, 0.1) is 0 Å². The van der Waals surface area contributed by atoms with Gasteiger partial charge < -0.3 is 14.9 Å². The van der Waals surface area contributed by atoms with Crippen LogP contribution in [-0.4, -0.2) is 27.1 Å². The van der Waals surface area contributed by atoms with Crippen molar-refractivity contribution in [2.75, 3.05) is 0 Å². The number of hydrogen-bond acceptors (Lipinski definition) is 5. The van der Waals surface area contributed by atoms with Crippen LogP contribution in [0.1, 0.15) is 50.5 Å². The Kier molecular flexibility index (Phi) is 6.54. The molecule has 2 N–H and O–H groups in total. The molecule has 1 amide bonds. The Morgan fingerprint density at radius 2 is 1.70 bits per heavy atom. The Morgan fingerprint density at radius 1 is 0.900 bits per heavy atom. The predicted molar refractivity (Wildman–Crippen MR) is 153 cm³/mol. The second kappa shape index (κ2) is 10.5. The summed E-state index contributed by atoms with van der Waals surface area (Å²) < 4.78 is 5.79. The molecule has 6 aromatic rings. The van der Waals surface area contributed by atoms with Crippen LogP contribution in [0.4, 0.5) is 0 Å². The van der Waals surface area contributed by atoms with Gasteiger partial charge in [-0.25, -0.2) is 4.79 Å². The molecule has 1 atom stereocenters. The van der Waals surface area contributed by atoms with Gasteiger partial charge >= 0.3 is 5.97 Å². The van der Waals surface area contributed by atoms with Crippen molar-refractivity contribution in [1.29, 1.82) is 0 Å². The molecule has 6 rings (SSSR count). The van der Waals surface area contributed by atoms with Crippen LogP contribution in [0.25, 0.3) is 33.0 Å². The number of aromatic carboxylic acids is 1. The van der Waals surface area contributed by atoms with Crippen LogP contribution in [0.3, 0.4) is 0 Å². The number of hydrogen-bond donors (Lipinski definition) is 2. The Balaban J connectivity index is 1.39. The van der Waals surface area contributed by atoms with Gasteiger partial charge in [0.2, 0.25) is 0 Å². The molecular weight excluding hydrogens is 502 g/mol. The summed E-state index contributed by atoms with van der Waals surface area (Å²) in [6, 6.07) is 29.7. The van der Waals surface area contributed by atoms with Crippen LogP contribution in [0.5, 0.6) is 0 Å². The molecule has 0 unspecified atom stereocenters. The number of carboxylic acid groups (broad SMARTS) is 1. The first kappa shape index (κ1) is 25.0. The van der Waals surface area contributed by atoms with Crippen LogP contribution in [0.2, 0.25) is 0 Å². The van der Waals surface area contributed by atoms with E-state index in [2.05, 4.69) is 21.5 Å². The molecule has 196 valence electrons. The summed E-state index contributed by atoms with van der Waals surface area (Å²) in [6.07, 6.45) is 2.25. The summed E-state index contributed by atoms with van der Waals surface area (Å²) in [5.74, 6) is -1.27.